The average Bonchev–Trinajstić information content (AvgIpc) is 3.22. The van der Waals surface area contributed by atoms with Crippen LogP contribution in [0.25, 0.3) is 11.1 Å². The van der Waals surface area contributed by atoms with E-state index in [0.29, 0.717) is 3.63 Å². The summed E-state index contributed by atoms with van der Waals surface area (Å²) in [5.41, 5.74) is 6.09. The van der Waals surface area contributed by atoms with Gasteiger partial charge >= 0.3 is 194 Å². The van der Waals surface area contributed by atoms with E-state index in [2.05, 4.69) is 86.5 Å². The zero-order valence-electron chi connectivity index (χ0n) is 16.7. The Morgan fingerprint density at radius 3 is 1.83 bits per heavy atom. The van der Waals surface area contributed by atoms with Crippen molar-refractivity contribution in [3.63, 3.8) is 0 Å². The van der Waals surface area contributed by atoms with Crippen LogP contribution in [0, 0.1) is 0 Å². The summed E-state index contributed by atoms with van der Waals surface area (Å²) in [6, 6.07) is 14.0. The third-order valence-corrected chi connectivity index (χ3v) is 16.1. The molecule has 0 atom stereocenters. The fourth-order valence-electron chi connectivity index (χ4n) is 5.19. The molecule has 0 amide bonds. The summed E-state index contributed by atoms with van der Waals surface area (Å²) in [5, 5.41) is 0. The van der Waals surface area contributed by atoms with Crippen molar-refractivity contribution in [2.24, 2.45) is 0 Å². The van der Waals surface area contributed by atoms with Crippen LogP contribution in [-0.4, -0.2) is 3.21 Å². The second kappa shape index (κ2) is 10.9. The smallest absolute Gasteiger partial charge is 1.00 e. The van der Waals surface area contributed by atoms with Crippen LogP contribution in [0.4, 0.5) is 0 Å². The van der Waals surface area contributed by atoms with Gasteiger partial charge in [-0.3, -0.25) is 0 Å². The van der Waals surface area contributed by atoms with E-state index in [-0.39, 0.29) is 24.8 Å². The van der Waals surface area contributed by atoms with Gasteiger partial charge in [-0.15, -0.1) is 0 Å². The van der Waals surface area contributed by atoms with Crippen molar-refractivity contribution in [3.05, 3.63) is 78.0 Å². The molecule has 0 radical (unpaired) electrons. The van der Waals surface area contributed by atoms with E-state index in [0.717, 1.165) is 0 Å². The van der Waals surface area contributed by atoms with E-state index >= 15 is 0 Å². The van der Waals surface area contributed by atoms with Crippen LogP contribution in [0.5, 0.6) is 0 Å². The normalized spacial score (nSPS) is 17.1. The molecule has 5 heteroatoms. The number of rotatable bonds is 2. The van der Waals surface area contributed by atoms with Crippen LogP contribution >= 0.6 is 31.9 Å². The predicted molar refractivity (Wildman–Crippen MR) is 124 cm³/mol. The van der Waals surface area contributed by atoms with E-state index in [1.807, 2.05) is 6.49 Å². The first-order chi connectivity index (χ1) is 13.7. The minimum absolute atomic E-state index is 0. The van der Waals surface area contributed by atoms with Crippen molar-refractivity contribution >= 4 is 35.1 Å². The summed E-state index contributed by atoms with van der Waals surface area (Å²) in [6.45, 7) is 0. The molecule has 0 nitrogen and oxygen atoms in total. The standard InChI is InChI=1S/C13H7Br2.C7H12.C5H5.2ClH.Zr/c14-10-3-1-8-5-9-2-4-11(15)7-13(9)12(8)6-10;1-2-4-6-7-5-3-1;1-2-4-5-3-1;;;/h1-7H;1-6H2;1-3H,4H2;2*1H;/q;;;;;+2/p-2. The summed E-state index contributed by atoms with van der Waals surface area (Å²) in [7, 11) is 0. The number of fused-ring (bicyclic) bond motifs is 3. The fraction of sp³-hybridized carbons (Fsp3) is 0.320. The third-order valence-electron chi connectivity index (χ3n) is 6.44. The van der Waals surface area contributed by atoms with Crippen LogP contribution in [0.2, 0.25) is 0 Å². The minimum Gasteiger partial charge on any atom is -1.00 e. The first-order valence-electron chi connectivity index (χ1n) is 10.4. The average molecular weight is 646 g/mol. The number of halogens is 4. The largest absolute Gasteiger partial charge is 1.00 e. The molecule has 0 spiro atoms. The van der Waals surface area contributed by atoms with E-state index in [1.165, 1.54) is 65.0 Å². The van der Waals surface area contributed by atoms with Crippen molar-refractivity contribution < 1.29 is 46.1 Å². The molecule has 1 saturated carbocycles. The molecule has 0 aromatic heterocycles. The van der Waals surface area contributed by atoms with E-state index in [9.17, 15) is 0 Å². The van der Waals surface area contributed by atoms with Crippen LogP contribution in [0.3, 0.4) is 0 Å². The van der Waals surface area contributed by atoms with Gasteiger partial charge in [0, 0.05) is 0 Å². The monoisotopic (exact) mass is 642 g/mol. The number of hydrogen-bond donors (Lipinski definition) is 0. The van der Waals surface area contributed by atoms with Gasteiger partial charge in [-0.25, -0.2) is 0 Å². The van der Waals surface area contributed by atoms with Crippen molar-refractivity contribution in [1.82, 2.24) is 0 Å². The van der Waals surface area contributed by atoms with Gasteiger partial charge in [0.25, 0.3) is 0 Å². The topological polar surface area (TPSA) is 0 Å². The van der Waals surface area contributed by atoms with Gasteiger partial charge in [-0.2, -0.15) is 0 Å². The second-order valence-corrected chi connectivity index (χ2v) is 16.8. The van der Waals surface area contributed by atoms with Gasteiger partial charge in [0.1, 0.15) is 0 Å². The number of allylic oxidation sites excluding steroid dienone is 4. The Balaban J connectivity index is 0.00000128. The Hall–Kier alpha value is 0.213. The molecule has 2 aromatic rings. The van der Waals surface area contributed by atoms with Crippen LogP contribution in [-0.2, 0) is 21.3 Å². The summed E-state index contributed by atoms with van der Waals surface area (Å²) in [6.07, 6.45) is 16.8. The molecule has 0 heterocycles. The van der Waals surface area contributed by atoms with Crippen LogP contribution in [0.15, 0.2) is 66.9 Å². The van der Waals surface area contributed by atoms with Gasteiger partial charge < -0.3 is 24.8 Å². The predicted octanol–water partition coefficient (Wildman–Crippen LogP) is 2.28. The van der Waals surface area contributed by atoms with Crippen molar-refractivity contribution in [1.29, 1.82) is 0 Å². The van der Waals surface area contributed by atoms with Gasteiger partial charge in [0.05, 0.1) is 0 Å². The van der Waals surface area contributed by atoms with Gasteiger partial charge in [0.2, 0.25) is 0 Å². The van der Waals surface area contributed by atoms with Crippen molar-refractivity contribution in [3.8, 4) is 11.1 Å². The van der Waals surface area contributed by atoms with E-state index < -0.39 is 21.3 Å². The SMILES string of the molecule is Brc1ccc2c(c1)-c1cc(Br)ccc1[CH]2[Zr+2]([C]1=CC=CC1)=[C]1CCCCCC1.[Cl-].[Cl-]. The Labute approximate surface area is 216 Å². The Morgan fingerprint density at radius 1 is 0.767 bits per heavy atom. The van der Waals surface area contributed by atoms with Gasteiger partial charge in [0.15, 0.2) is 0 Å². The maximum Gasteiger partial charge on any atom is -1.00 e. The minimum atomic E-state index is -2.02. The molecule has 3 aliphatic rings. The summed E-state index contributed by atoms with van der Waals surface area (Å²) in [5.74, 6) is 0. The molecule has 0 aliphatic heterocycles. The summed E-state index contributed by atoms with van der Waals surface area (Å²) >= 11 is 5.42. The number of benzene rings is 2. The maximum absolute atomic E-state index is 3.72. The molecule has 1 fully saturated rings. The molecule has 0 N–H and O–H groups in total. The van der Waals surface area contributed by atoms with Gasteiger partial charge in [-0.05, 0) is 0 Å². The Kier molecular flexibility index (Phi) is 9.02. The van der Waals surface area contributed by atoms with E-state index in [4.69, 9.17) is 0 Å². The van der Waals surface area contributed by atoms with Crippen LogP contribution in [0.1, 0.15) is 59.7 Å². The number of hydrogen-bond acceptors (Lipinski definition) is 0. The first kappa shape index (κ1) is 24.8. The summed E-state index contributed by atoms with van der Waals surface area (Å²) < 4.78 is 6.82. The first-order valence-corrected chi connectivity index (χ1v) is 15.9. The van der Waals surface area contributed by atoms with Crippen molar-refractivity contribution in [2.45, 2.75) is 48.6 Å². The maximum atomic E-state index is 3.72. The second-order valence-electron chi connectivity index (χ2n) is 8.15. The molecule has 0 saturated heterocycles. The molecule has 2 aromatic carbocycles. The third kappa shape index (κ3) is 4.77. The zero-order valence-corrected chi connectivity index (χ0v) is 23.9. The van der Waals surface area contributed by atoms with Gasteiger partial charge in [-0.1, -0.05) is 0 Å². The van der Waals surface area contributed by atoms with E-state index in [1.54, 1.807) is 11.1 Å². The summed E-state index contributed by atoms with van der Waals surface area (Å²) in [4.78, 5) is 0. The Morgan fingerprint density at radius 2 is 1.33 bits per heavy atom. The molecule has 5 rings (SSSR count). The fourth-order valence-corrected chi connectivity index (χ4v) is 15.4. The van der Waals surface area contributed by atoms with Crippen LogP contribution < -0.4 is 24.8 Å². The molecule has 0 bridgehead atoms. The molecular weight excluding hydrogens is 622 g/mol. The molecule has 30 heavy (non-hydrogen) atoms. The molecule has 0 unspecified atom stereocenters. The molecule has 156 valence electrons. The quantitative estimate of drug-likeness (QED) is 0.440. The zero-order chi connectivity index (χ0) is 19.1. The molecule has 3 aliphatic carbocycles. The Bertz CT molecular complexity index is 978. The van der Waals surface area contributed by atoms with Crippen molar-refractivity contribution in [2.75, 3.05) is 0 Å². The molecular formula is C25H24Br2Cl2Zr.